The average molecular weight is 522 g/mol. The van der Waals surface area contributed by atoms with E-state index in [1.807, 2.05) is 19.1 Å². The predicted molar refractivity (Wildman–Crippen MR) is 129 cm³/mol. The van der Waals surface area contributed by atoms with Crippen molar-refractivity contribution in [3.8, 4) is 17.5 Å². The summed E-state index contributed by atoms with van der Waals surface area (Å²) in [6.07, 6.45) is 7.31. The maximum atomic E-state index is 8.06. The lowest BCUT2D eigenvalue weighted by atomic mass is 9.92. The molecule has 1 aliphatic heterocycles. The molecule has 2 unspecified atom stereocenters. The Bertz CT molecular complexity index is 1050. The molecule has 4 heterocycles. The molecule has 1 saturated heterocycles. The lowest BCUT2D eigenvalue weighted by molar-refractivity contribution is 0.131. The normalized spacial score (nSPS) is 16.4. The molecule has 0 radical (unpaired) electrons. The number of ether oxygens (including phenoxy) is 1. The third-order valence-electron chi connectivity index (χ3n) is 5.03. The number of halogens is 1. The van der Waals surface area contributed by atoms with Crippen molar-refractivity contribution in [3.63, 3.8) is 0 Å². The van der Waals surface area contributed by atoms with Crippen molar-refractivity contribution >= 4 is 43.6 Å². The Morgan fingerprint density at radius 2 is 1.91 bits per heavy atom. The lowest BCUT2D eigenvalue weighted by Crippen LogP contribution is -2.38. The maximum absolute atomic E-state index is 8.06. The summed E-state index contributed by atoms with van der Waals surface area (Å²) in [5.74, 6) is 3.48. The zero-order chi connectivity index (χ0) is 23.3. The second-order valence-corrected chi connectivity index (χ2v) is 9.76. The number of aromatic nitrogens is 4. The highest BCUT2D eigenvalue weighted by Crippen LogP contribution is 2.31. The first-order valence-electron chi connectivity index (χ1n) is 10.6. The molecule has 0 aromatic carbocycles. The zero-order valence-corrected chi connectivity index (χ0v) is 21.1. The molecule has 1 aliphatic rings. The van der Waals surface area contributed by atoms with Gasteiger partial charge in [-0.15, -0.1) is 6.42 Å². The van der Waals surface area contributed by atoms with Crippen molar-refractivity contribution in [1.82, 2.24) is 20.1 Å². The molecule has 3 aromatic rings. The standard InChI is InChI=1S/C19H20BrN5O2S.C3H8O/c1-4-11(2)16-23-18(27-24-16)25-9-7-13(8-10-25)12(3)26-19-21-14-5-6-15(20)22-17(14)28-19;1-3(2)4/h1,5-6,11-13H,7-10H2,2-3H3;3-4H,1-2H3. The Balaban J connectivity index is 0.000000668. The topological polar surface area (TPSA) is 97.4 Å². The van der Waals surface area contributed by atoms with Crippen LogP contribution in [0.25, 0.3) is 10.3 Å². The average Bonchev–Trinajstić information content (AvgIpc) is 3.39. The number of hydrogen-bond acceptors (Lipinski definition) is 9. The van der Waals surface area contributed by atoms with Crippen molar-refractivity contribution < 1.29 is 14.4 Å². The van der Waals surface area contributed by atoms with E-state index in [0.717, 1.165) is 40.9 Å². The predicted octanol–water partition coefficient (Wildman–Crippen LogP) is 4.64. The molecule has 8 nitrogen and oxygen atoms in total. The van der Waals surface area contributed by atoms with Crippen LogP contribution in [0.5, 0.6) is 5.19 Å². The fourth-order valence-corrected chi connectivity index (χ4v) is 4.54. The highest BCUT2D eigenvalue weighted by Gasteiger charge is 2.28. The number of rotatable bonds is 5. The van der Waals surface area contributed by atoms with Crippen LogP contribution in [-0.2, 0) is 0 Å². The lowest BCUT2D eigenvalue weighted by Gasteiger charge is -2.33. The Morgan fingerprint density at radius 3 is 2.56 bits per heavy atom. The van der Waals surface area contributed by atoms with Crippen molar-refractivity contribution in [3.05, 3.63) is 22.6 Å². The number of piperidine rings is 1. The molecule has 172 valence electrons. The summed E-state index contributed by atoms with van der Waals surface area (Å²) in [6.45, 7) is 9.13. The Kier molecular flexibility index (Phi) is 8.45. The number of aliphatic hydroxyl groups is 1. The molecule has 0 saturated carbocycles. The summed E-state index contributed by atoms with van der Waals surface area (Å²) < 4.78 is 12.3. The molecule has 2 atom stereocenters. The summed E-state index contributed by atoms with van der Waals surface area (Å²) in [7, 11) is 0. The summed E-state index contributed by atoms with van der Waals surface area (Å²) in [6, 6.07) is 4.38. The fourth-order valence-electron chi connectivity index (χ4n) is 3.25. The van der Waals surface area contributed by atoms with Crippen LogP contribution in [0.2, 0.25) is 0 Å². The monoisotopic (exact) mass is 521 g/mol. The van der Waals surface area contributed by atoms with Crippen molar-refractivity contribution in [2.75, 3.05) is 18.0 Å². The number of thiazole rings is 1. The largest absolute Gasteiger partial charge is 0.467 e. The van der Waals surface area contributed by atoms with Gasteiger partial charge in [-0.25, -0.2) is 9.97 Å². The summed E-state index contributed by atoms with van der Waals surface area (Å²) >= 11 is 4.86. The molecule has 10 heteroatoms. The van der Waals surface area contributed by atoms with E-state index in [1.54, 1.807) is 13.8 Å². The fraction of sp³-hybridized carbons (Fsp3) is 0.545. The minimum absolute atomic E-state index is 0.0749. The van der Waals surface area contributed by atoms with Gasteiger partial charge in [0.25, 0.3) is 5.19 Å². The highest BCUT2D eigenvalue weighted by atomic mass is 79.9. The van der Waals surface area contributed by atoms with Crippen LogP contribution in [0.15, 0.2) is 21.3 Å². The summed E-state index contributed by atoms with van der Waals surface area (Å²) in [4.78, 5) is 16.4. The molecule has 0 amide bonds. The van der Waals surface area contributed by atoms with E-state index < -0.39 is 0 Å². The van der Waals surface area contributed by atoms with Crippen LogP contribution in [0.1, 0.15) is 52.3 Å². The van der Waals surface area contributed by atoms with Crippen LogP contribution in [0, 0.1) is 18.3 Å². The van der Waals surface area contributed by atoms with Crippen LogP contribution < -0.4 is 9.64 Å². The SMILES string of the molecule is C#CC(C)c1noc(N2CCC(C(C)Oc3nc4ccc(Br)nc4s3)CC2)n1.CC(C)O. The zero-order valence-electron chi connectivity index (χ0n) is 18.7. The molecule has 1 fully saturated rings. The molecule has 4 rings (SSSR count). The van der Waals surface area contributed by atoms with E-state index in [2.05, 4.69) is 53.8 Å². The van der Waals surface area contributed by atoms with Gasteiger partial charge in [-0.2, -0.15) is 4.98 Å². The van der Waals surface area contributed by atoms with E-state index in [4.69, 9.17) is 20.8 Å². The van der Waals surface area contributed by atoms with Gasteiger partial charge in [0, 0.05) is 19.2 Å². The first kappa shape index (κ1) is 24.4. The Labute approximate surface area is 200 Å². The number of pyridine rings is 1. The second kappa shape index (κ2) is 11.1. The Hall–Kier alpha value is -2.22. The third kappa shape index (κ3) is 6.40. The van der Waals surface area contributed by atoms with Crippen LogP contribution >= 0.6 is 27.3 Å². The van der Waals surface area contributed by atoms with Gasteiger partial charge in [0.05, 0.1) is 5.92 Å². The minimum atomic E-state index is -0.167. The third-order valence-corrected chi connectivity index (χ3v) is 6.33. The van der Waals surface area contributed by atoms with Gasteiger partial charge in [-0.1, -0.05) is 22.4 Å². The van der Waals surface area contributed by atoms with E-state index in [-0.39, 0.29) is 18.1 Å². The Morgan fingerprint density at radius 1 is 1.22 bits per heavy atom. The summed E-state index contributed by atoms with van der Waals surface area (Å²) in [5, 5.41) is 12.7. The van der Waals surface area contributed by atoms with Crippen LogP contribution in [0.3, 0.4) is 0 Å². The molecular formula is C22H28BrN5O3S. The van der Waals surface area contributed by atoms with E-state index in [9.17, 15) is 0 Å². The molecular weight excluding hydrogens is 494 g/mol. The van der Waals surface area contributed by atoms with Gasteiger partial charge in [0.15, 0.2) is 5.82 Å². The van der Waals surface area contributed by atoms with Gasteiger partial charge >= 0.3 is 6.01 Å². The number of aliphatic hydroxyl groups excluding tert-OH is 1. The number of nitrogens with zero attached hydrogens (tertiary/aromatic N) is 5. The van der Waals surface area contributed by atoms with Crippen LogP contribution in [0.4, 0.5) is 6.01 Å². The van der Waals surface area contributed by atoms with E-state index >= 15 is 0 Å². The van der Waals surface area contributed by atoms with Gasteiger partial charge in [-0.3, -0.25) is 0 Å². The van der Waals surface area contributed by atoms with Crippen molar-refractivity contribution in [2.45, 2.75) is 58.7 Å². The van der Waals surface area contributed by atoms with Gasteiger partial charge < -0.3 is 19.3 Å². The molecule has 0 aliphatic carbocycles. The maximum Gasteiger partial charge on any atom is 0.324 e. The van der Waals surface area contributed by atoms with Crippen molar-refractivity contribution in [1.29, 1.82) is 0 Å². The quantitative estimate of drug-likeness (QED) is 0.382. The smallest absolute Gasteiger partial charge is 0.324 e. The van der Waals surface area contributed by atoms with Gasteiger partial charge in [0.1, 0.15) is 21.1 Å². The number of terminal acetylenes is 1. The van der Waals surface area contributed by atoms with E-state index in [1.165, 1.54) is 11.3 Å². The minimum Gasteiger partial charge on any atom is -0.467 e. The van der Waals surface area contributed by atoms with E-state index in [0.29, 0.717) is 23.0 Å². The van der Waals surface area contributed by atoms with Crippen molar-refractivity contribution in [2.24, 2.45) is 5.92 Å². The molecule has 0 spiro atoms. The second-order valence-electron chi connectivity index (χ2n) is 8.00. The number of fused-ring (bicyclic) bond motifs is 1. The molecule has 32 heavy (non-hydrogen) atoms. The summed E-state index contributed by atoms with van der Waals surface area (Å²) in [5.41, 5.74) is 0.860. The first-order chi connectivity index (χ1) is 15.3. The van der Waals surface area contributed by atoms with Gasteiger partial charge in [-0.05, 0) is 74.5 Å². The number of hydrogen-bond donors (Lipinski definition) is 1. The highest BCUT2D eigenvalue weighted by molar-refractivity contribution is 9.10. The number of anilines is 1. The van der Waals surface area contributed by atoms with Gasteiger partial charge in [0.2, 0.25) is 0 Å². The molecule has 0 bridgehead atoms. The molecule has 1 N–H and O–H groups in total. The molecule has 3 aromatic heterocycles. The first-order valence-corrected chi connectivity index (χ1v) is 12.2. The van der Waals surface area contributed by atoms with Crippen LogP contribution in [-0.4, -0.2) is 50.5 Å².